The molecule has 17 heavy (non-hydrogen) atoms. The first-order valence-corrected chi connectivity index (χ1v) is 6.34. The minimum atomic E-state index is -0.611. The number of phenolic OH excluding ortho intramolecular Hbond substituents is 1. The number of aliphatic hydroxyl groups excluding tert-OH is 1. The smallest absolute Gasteiger partial charge is 0.162 e. The molecule has 0 aromatic heterocycles. The van der Waals surface area contributed by atoms with E-state index in [0.717, 1.165) is 17.3 Å². The van der Waals surface area contributed by atoms with Crippen molar-refractivity contribution in [2.75, 3.05) is 7.11 Å². The Morgan fingerprint density at radius 1 is 1.47 bits per heavy atom. The molecule has 0 saturated heterocycles. The van der Waals surface area contributed by atoms with E-state index < -0.39 is 12.1 Å². The van der Waals surface area contributed by atoms with Crippen LogP contribution in [0.15, 0.2) is 16.6 Å². The van der Waals surface area contributed by atoms with Gasteiger partial charge in [0.05, 0.1) is 19.3 Å². The third-order valence-corrected chi connectivity index (χ3v) is 3.58. The van der Waals surface area contributed by atoms with Gasteiger partial charge in [-0.25, -0.2) is 0 Å². The van der Waals surface area contributed by atoms with E-state index in [9.17, 15) is 10.2 Å². The molecule has 1 aliphatic rings. The topological polar surface area (TPSA) is 75.7 Å². The van der Waals surface area contributed by atoms with E-state index in [-0.39, 0.29) is 11.7 Å². The summed E-state index contributed by atoms with van der Waals surface area (Å²) in [6.07, 6.45) is 1.39. The number of benzene rings is 1. The summed E-state index contributed by atoms with van der Waals surface area (Å²) in [5.74, 6) is 0.616. The lowest BCUT2D eigenvalue weighted by Gasteiger charge is -2.21. The van der Waals surface area contributed by atoms with E-state index in [1.165, 1.54) is 7.11 Å². The summed E-state index contributed by atoms with van der Waals surface area (Å²) in [4.78, 5) is 0. The van der Waals surface area contributed by atoms with Gasteiger partial charge in [0.15, 0.2) is 11.5 Å². The van der Waals surface area contributed by atoms with Crippen LogP contribution in [0.4, 0.5) is 0 Å². The van der Waals surface area contributed by atoms with Crippen LogP contribution < -0.4 is 10.5 Å². The van der Waals surface area contributed by atoms with Crippen molar-refractivity contribution in [3.05, 3.63) is 22.2 Å². The normalized spacial score (nSPS) is 18.8. The summed E-state index contributed by atoms with van der Waals surface area (Å²) in [7, 11) is 1.48. The molecule has 0 aliphatic heterocycles. The predicted octanol–water partition coefficient (Wildman–Crippen LogP) is 1.93. The summed E-state index contributed by atoms with van der Waals surface area (Å²) in [6.45, 7) is 0. The average Bonchev–Trinajstić information content (AvgIpc) is 3.13. The van der Waals surface area contributed by atoms with Gasteiger partial charge in [-0.05, 0) is 30.9 Å². The molecule has 4 nitrogen and oxygen atoms in total. The zero-order chi connectivity index (χ0) is 12.6. The fourth-order valence-corrected chi connectivity index (χ4v) is 2.37. The molecule has 2 atom stereocenters. The summed E-state index contributed by atoms with van der Waals surface area (Å²) in [6, 6.07) is 2.79. The maximum atomic E-state index is 10.00. The fraction of sp³-hybridized carbons (Fsp3) is 0.500. The molecule has 0 radical (unpaired) electrons. The van der Waals surface area contributed by atoms with Crippen molar-refractivity contribution >= 4 is 15.9 Å². The summed E-state index contributed by atoms with van der Waals surface area (Å²) in [5, 5.41) is 20.0. The minimum absolute atomic E-state index is 0.00269. The van der Waals surface area contributed by atoms with E-state index in [0.29, 0.717) is 11.3 Å². The molecule has 94 valence electrons. The summed E-state index contributed by atoms with van der Waals surface area (Å²) < 4.78 is 5.82. The Labute approximate surface area is 109 Å². The fourth-order valence-electron chi connectivity index (χ4n) is 1.92. The van der Waals surface area contributed by atoms with Gasteiger partial charge in [-0.3, -0.25) is 0 Å². The van der Waals surface area contributed by atoms with Crippen molar-refractivity contribution in [3.63, 3.8) is 0 Å². The second-order valence-electron chi connectivity index (χ2n) is 4.40. The van der Waals surface area contributed by atoms with Crippen molar-refractivity contribution in [3.8, 4) is 11.5 Å². The van der Waals surface area contributed by atoms with Crippen molar-refractivity contribution in [1.29, 1.82) is 0 Å². The molecule has 5 heteroatoms. The van der Waals surface area contributed by atoms with Crippen LogP contribution in [0, 0.1) is 5.92 Å². The van der Waals surface area contributed by atoms with Gasteiger partial charge >= 0.3 is 0 Å². The van der Waals surface area contributed by atoms with Crippen molar-refractivity contribution < 1.29 is 14.9 Å². The lowest BCUT2D eigenvalue weighted by molar-refractivity contribution is 0.121. The Morgan fingerprint density at radius 2 is 2.12 bits per heavy atom. The van der Waals surface area contributed by atoms with Gasteiger partial charge in [0.25, 0.3) is 0 Å². The average molecular weight is 302 g/mol. The molecule has 1 saturated carbocycles. The van der Waals surface area contributed by atoms with Crippen LogP contribution in [0.2, 0.25) is 0 Å². The first-order chi connectivity index (χ1) is 8.04. The SMILES string of the molecule is COc1cc(Br)cc([C@H](N)[C@H](O)C2CC2)c1O. The molecule has 1 aliphatic carbocycles. The third-order valence-electron chi connectivity index (χ3n) is 3.12. The Balaban J connectivity index is 2.32. The van der Waals surface area contributed by atoms with Gasteiger partial charge in [0.1, 0.15) is 0 Å². The lowest BCUT2D eigenvalue weighted by Crippen LogP contribution is -2.28. The van der Waals surface area contributed by atoms with Gasteiger partial charge in [-0.15, -0.1) is 0 Å². The second kappa shape index (κ2) is 4.84. The van der Waals surface area contributed by atoms with E-state index >= 15 is 0 Å². The first kappa shape index (κ1) is 12.7. The molecule has 2 rings (SSSR count). The van der Waals surface area contributed by atoms with Crippen LogP contribution in [0.3, 0.4) is 0 Å². The zero-order valence-corrected chi connectivity index (χ0v) is 11.1. The highest BCUT2D eigenvalue weighted by Crippen LogP contribution is 2.42. The Hall–Kier alpha value is -0.780. The molecule has 1 aromatic carbocycles. The Bertz CT molecular complexity index is 420. The van der Waals surface area contributed by atoms with Gasteiger partial charge in [-0.2, -0.15) is 0 Å². The number of hydrogen-bond donors (Lipinski definition) is 3. The number of aromatic hydroxyl groups is 1. The van der Waals surface area contributed by atoms with Gasteiger partial charge < -0.3 is 20.7 Å². The van der Waals surface area contributed by atoms with Gasteiger partial charge in [0.2, 0.25) is 0 Å². The number of phenols is 1. The standard InChI is InChI=1S/C12H16BrNO3/c1-17-9-5-7(13)4-8(12(9)16)10(14)11(15)6-2-3-6/h4-6,10-11,15-16H,2-3,14H2,1H3/t10-,11+/m0/s1. The summed E-state index contributed by atoms with van der Waals surface area (Å²) in [5.41, 5.74) is 6.50. The Kier molecular flexibility index (Phi) is 3.61. The second-order valence-corrected chi connectivity index (χ2v) is 5.32. The van der Waals surface area contributed by atoms with Crippen LogP contribution in [-0.2, 0) is 0 Å². The van der Waals surface area contributed by atoms with E-state index in [1.807, 2.05) is 0 Å². The molecule has 0 heterocycles. The number of hydrogen-bond acceptors (Lipinski definition) is 4. The highest BCUT2D eigenvalue weighted by atomic mass is 79.9. The monoisotopic (exact) mass is 301 g/mol. The molecule has 4 N–H and O–H groups in total. The first-order valence-electron chi connectivity index (χ1n) is 5.54. The highest BCUT2D eigenvalue weighted by molar-refractivity contribution is 9.10. The third kappa shape index (κ3) is 2.56. The number of halogens is 1. The largest absolute Gasteiger partial charge is 0.504 e. The van der Waals surface area contributed by atoms with Crippen molar-refractivity contribution in [1.82, 2.24) is 0 Å². The van der Waals surface area contributed by atoms with Gasteiger partial charge in [0, 0.05) is 10.0 Å². The number of ether oxygens (including phenoxy) is 1. The maximum absolute atomic E-state index is 10.00. The number of methoxy groups -OCH3 is 1. The highest BCUT2D eigenvalue weighted by Gasteiger charge is 2.35. The van der Waals surface area contributed by atoms with E-state index in [4.69, 9.17) is 10.5 Å². The molecular formula is C12H16BrNO3. The van der Waals surface area contributed by atoms with Crippen molar-refractivity contribution in [2.24, 2.45) is 11.7 Å². The summed E-state index contributed by atoms with van der Waals surface area (Å²) >= 11 is 3.33. The molecule has 0 unspecified atom stereocenters. The molecule has 0 amide bonds. The van der Waals surface area contributed by atoms with Gasteiger partial charge in [-0.1, -0.05) is 15.9 Å². The number of aliphatic hydroxyl groups is 1. The molecule has 0 spiro atoms. The van der Waals surface area contributed by atoms with E-state index in [1.54, 1.807) is 12.1 Å². The maximum Gasteiger partial charge on any atom is 0.162 e. The van der Waals surface area contributed by atoms with Crippen LogP contribution in [-0.4, -0.2) is 23.4 Å². The zero-order valence-electron chi connectivity index (χ0n) is 9.56. The minimum Gasteiger partial charge on any atom is -0.504 e. The number of nitrogens with two attached hydrogens (primary N) is 1. The van der Waals surface area contributed by atoms with Crippen LogP contribution in [0.25, 0.3) is 0 Å². The molecule has 0 bridgehead atoms. The number of rotatable bonds is 4. The molecular weight excluding hydrogens is 286 g/mol. The van der Waals surface area contributed by atoms with E-state index in [2.05, 4.69) is 15.9 Å². The predicted molar refractivity (Wildman–Crippen MR) is 68.0 cm³/mol. The van der Waals surface area contributed by atoms with Crippen molar-refractivity contribution in [2.45, 2.75) is 25.0 Å². The van der Waals surface area contributed by atoms with Crippen LogP contribution in [0.1, 0.15) is 24.4 Å². The van der Waals surface area contributed by atoms with Crippen LogP contribution >= 0.6 is 15.9 Å². The molecule has 1 fully saturated rings. The lowest BCUT2D eigenvalue weighted by atomic mass is 9.98. The Morgan fingerprint density at radius 3 is 2.65 bits per heavy atom. The quantitative estimate of drug-likeness (QED) is 0.794. The molecule has 1 aromatic rings. The van der Waals surface area contributed by atoms with Crippen LogP contribution in [0.5, 0.6) is 11.5 Å².